The molecule has 1 unspecified atom stereocenters. The summed E-state index contributed by atoms with van der Waals surface area (Å²) in [6.45, 7) is 1.46. The summed E-state index contributed by atoms with van der Waals surface area (Å²) in [5, 5.41) is 7.62. The predicted octanol–water partition coefficient (Wildman–Crippen LogP) is 6.26. The zero-order chi connectivity index (χ0) is 25.5. The van der Waals surface area contributed by atoms with Crippen molar-refractivity contribution >= 4 is 45.7 Å². The number of thioether (sulfide) groups is 1. The first-order chi connectivity index (χ1) is 17.5. The number of carbonyl (C=O) groups is 2. The molecule has 7 nitrogen and oxygen atoms in total. The van der Waals surface area contributed by atoms with Gasteiger partial charge in [0.15, 0.2) is 16.6 Å². The Bertz CT molecular complexity index is 1360. The normalized spacial score (nSPS) is 11.4. The van der Waals surface area contributed by atoms with Crippen molar-refractivity contribution in [2.75, 3.05) is 24.9 Å². The topological polar surface area (TPSA) is 89.6 Å². The Morgan fingerprint density at radius 3 is 2.42 bits per heavy atom. The molecule has 36 heavy (non-hydrogen) atoms. The van der Waals surface area contributed by atoms with Crippen LogP contribution in [0.3, 0.4) is 0 Å². The minimum Gasteiger partial charge on any atom is -0.493 e. The quantitative estimate of drug-likeness (QED) is 0.254. The summed E-state index contributed by atoms with van der Waals surface area (Å²) in [6, 6.07) is 22.6. The number of benzene rings is 3. The zero-order valence-corrected chi connectivity index (χ0v) is 21.6. The van der Waals surface area contributed by atoms with Crippen LogP contribution in [0.1, 0.15) is 17.7 Å². The van der Waals surface area contributed by atoms with Crippen LogP contribution in [-0.4, -0.2) is 31.0 Å². The summed E-state index contributed by atoms with van der Waals surface area (Å²) in [4.78, 5) is 30.4. The van der Waals surface area contributed by atoms with Crippen LogP contribution in [0.25, 0.3) is 11.3 Å². The maximum Gasteiger partial charge on any atom is 0.244 e. The van der Waals surface area contributed by atoms with Gasteiger partial charge in [0, 0.05) is 28.5 Å². The number of nitrogens with one attached hydrogen (secondary N) is 2. The summed E-state index contributed by atoms with van der Waals surface area (Å²) >= 11 is 2.76. The molecule has 1 heterocycles. The van der Waals surface area contributed by atoms with E-state index in [1.165, 1.54) is 30.0 Å². The number of amides is 2. The molecular formula is C27H25N3O4S2. The highest BCUT2D eigenvalue weighted by Crippen LogP contribution is 2.38. The third-order valence-corrected chi connectivity index (χ3v) is 7.17. The molecule has 1 atom stereocenters. The number of rotatable bonds is 9. The Balaban J connectivity index is 1.55. The molecular weight excluding hydrogens is 494 g/mol. The molecule has 0 bridgehead atoms. The smallest absolute Gasteiger partial charge is 0.244 e. The molecule has 0 radical (unpaired) electrons. The molecule has 2 N–H and O–H groups in total. The van der Waals surface area contributed by atoms with Gasteiger partial charge in [-0.15, -0.1) is 23.1 Å². The van der Waals surface area contributed by atoms with Crippen molar-refractivity contribution in [2.24, 2.45) is 0 Å². The summed E-state index contributed by atoms with van der Waals surface area (Å²) < 4.78 is 10.7. The molecule has 1 aromatic heterocycles. The molecule has 4 rings (SSSR count). The lowest BCUT2D eigenvalue weighted by atomic mass is 10.1. The van der Waals surface area contributed by atoms with Crippen molar-refractivity contribution in [3.63, 3.8) is 0 Å². The Hall–Kier alpha value is -3.82. The van der Waals surface area contributed by atoms with Gasteiger partial charge in [-0.1, -0.05) is 36.4 Å². The lowest BCUT2D eigenvalue weighted by Crippen LogP contribution is -2.19. The van der Waals surface area contributed by atoms with Gasteiger partial charge in [-0.25, -0.2) is 4.98 Å². The van der Waals surface area contributed by atoms with E-state index in [1.807, 2.05) is 78.2 Å². The van der Waals surface area contributed by atoms with E-state index >= 15 is 0 Å². The second-order valence-electron chi connectivity index (χ2n) is 7.71. The van der Waals surface area contributed by atoms with E-state index in [9.17, 15) is 9.59 Å². The molecule has 0 aliphatic carbocycles. The third-order valence-electron chi connectivity index (χ3n) is 5.16. The minimum absolute atomic E-state index is 0.149. The second kappa shape index (κ2) is 11.7. The van der Waals surface area contributed by atoms with Crippen LogP contribution >= 0.6 is 23.1 Å². The van der Waals surface area contributed by atoms with Gasteiger partial charge in [-0.05, 0) is 42.0 Å². The van der Waals surface area contributed by atoms with E-state index in [0.717, 1.165) is 21.7 Å². The van der Waals surface area contributed by atoms with Crippen LogP contribution in [0.4, 0.5) is 10.8 Å². The van der Waals surface area contributed by atoms with Crippen LogP contribution in [0.15, 0.2) is 83.1 Å². The van der Waals surface area contributed by atoms with Gasteiger partial charge in [0.25, 0.3) is 0 Å². The zero-order valence-electron chi connectivity index (χ0n) is 20.0. The van der Waals surface area contributed by atoms with Crippen molar-refractivity contribution < 1.29 is 19.1 Å². The maximum atomic E-state index is 13.4. The van der Waals surface area contributed by atoms with Crippen molar-refractivity contribution in [3.8, 4) is 22.8 Å². The molecule has 0 spiro atoms. The Labute approximate surface area is 217 Å². The molecule has 0 saturated carbocycles. The molecule has 4 aromatic rings. The van der Waals surface area contributed by atoms with Gasteiger partial charge in [-0.3, -0.25) is 9.59 Å². The first kappa shape index (κ1) is 25.3. The van der Waals surface area contributed by atoms with E-state index in [2.05, 4.69) is 15.6 Å². The number of nitrogens with zero attached hydrogens (tertiary/aromatic N) is 1. The average Bonchev–Trinajstić information content (AvgIpc) is 3.35. The van der Waals surface area contributed by atoms with E-state index in [4.69, 9.17) is 9.47 Å². The van der Waals surface area contributed by atoms with Gasteiger partial charge in [-0.2, -0.15) is 0 Å². The molecule has 184 valence electrons. The van der Waals surface area contributed by atoms with Gasteiger partial charge in [0.2, 0.25) is 11.8 Å². The van der Waals surface area contributed by atoms with E-state index in [-0.39, 0.29) is 11.8 Å². The molecule has 9 heteroatoms. The van der Waals surface area contributed by atoms with Crippen molar-refractivity contribution in [1.82, 2.24) is 4.98 Å². The van der Waals surface area contributed by atoms with E-state index in [0.29, 0.717) is 22.3 Å². The lowest BCUT2D eigenvalue weighted by molar-refractivity contribution is -0.116. The lowest BCUT2D eigenvalue weighted by Gasteiger charge is -2.17. The summed E-state index contributed by atoms with van der Waals surface area (Å²) in [5.74, 6) is 0.902. The SMILES string of the molecule is COc1ccc(-c2csc(NC(=O)C(Sc3cccc(NC(C)=O)c3)c3ccccc3)n2)cc1OC. The molecule has 0 saturated heterocycles. The number of thiazole rings is 1. The number of hydrogen-bond acceptors (Lipinski definition) is 7. The predicted molar refractivity (Wildman–Crippen MR) is 145 cm³/mol. The summed E-state index contributed by atoms with van der Waals surface area (Å²) in [7, 11) is 3.17. The Morgan fingerprint density at radius 1 is 0.917 bits per heavy atom. The van der Waals surface area contributed by atoms with Gasteiger partial charge >= 0.3 is 0 Å². The first-order valence-corrected chi connectivity index (χ1v) is 12.8. The molecule has 2 amide bonds. The highest BCUT2D eigenvalue weighted by Gasteiger charge is 2.23. The second-order valence-corrected chi connectivity index (χ2v) is 9.75. The van der Waals surface area contributed by atoms with Gasteiger partial charge in [0.1, 0.15) is 5.25 Å². The Morgan fingerprint density at radius 2 is 1.69 bits per heavy atom. The van der Waals surface area contributed by atoms with E-state index < -0.39 is 5.25 Å². The minimum atomic E-state index is -0.521. The maximum absolute atomic E-state index is 13.4. The number of methoxy groups -OCH3 is 2. The van der Waals surface area contributed by atoms with Crippen LogP contribution < -0.4 is 20.1 Å². The molecule has 0 fully saturated rings. The van der Waals surface area contributed by atoms with Gasteiger partial charge in [0.05, 0.1) is 19.9 Å². The largest absolute Gasteiger partial charge is 0.493 e. The highest BCUT2D eigenvalue weighted by molar-refractivity contribution is 8.00. The average molecular weight is 520 g/mol. The molecule has 0 aliphatic heterocycles. The van der Waals surface area contributed by atoms with Crippen LogP contribution in [-0.2, 0) is 9.59 Å². The third kappa shape index (κ3) is 6.24. The summed E-state index contributed by atoms with van der Waals surface area (Å²) in [6.07, 6.45) is 0. The molecule has 0 aliphatic rings. The number of hydrogen-bond donors (Lipinski definition) is 2. The highest BCUT2D eigenvalue weighted by atomic mass is 32.2. The van der Waals surface area contributed by atoms with E-state index in [1.54, 1.807) is 14.2 Å². The fourth-order valence-electron chi connectivity index (χ4n) is 3.52. The monoisotopic (exact) mass is 519 g/mol. The number of carbonyl (C=O) groups excluding carboxylic acids is 2. The number of anilines is 2. The van der Waals surface area contributed by atoms with Gasteiger partial charge < -0.3 is 20.1 Å². The fourth-order valence-corrected chi connectivity index (χ4v) is 5.32. The number of ether oxygens (including phenoxy) is 2. The van der Waals surface area contributed by atoms with Crippen LogP contribution in [0, 0.1) is 0 Å². The number of aromatic nitrogens is 1. The van der Waals surface area contributed by atoms with Crippen molar-refractivity contribution in [1.29, 1.82) is 0 Å². The molecule has 3 aromatic carbocycles. The van der Waals surface area contributed by atoms with Crippen molar-refractivity contribution in [2.45, 2.75) is 17.1 Å². The Kier molecular flexibility index (Phi) is 8.24. The van der Waals surface area contributed by atoms with Crippen LogP contribution in [0.2, 0.25) is 0 Å². The standard InChI is InChI=1S/C27H25N3O4S2/c1-17(31)28-20-10-7-11-21(15-20)36-25(18-8-5-4-6-9-18)26(32)30-27-29-22(16-35-27)19-12-13-23(33-2)24(14-19)34-3/h4-16,25H,1-3H3,(H,28,31)(H,29,30,32). The first-order valence-electron chi connectivity index (χ1n) is 11.0. The fraction of sp³-hybridized carbons (Fsp3) is 0.148. The van der Waals surface area contributed by atoms with Crippen molar-refractivity contribution in [3.05, 3.63) is 83.7 Å². The van der Waals surface area contributed by atoms with Crippen LogP contribution in [0.5, 0.6) is 11.5 Å². The summed E-state index contributed by atoms with van der Waals surface area (Å²) in [5.41, 5.74) is 3.12.